The highest BCUT2D eigenvalue weighted by molar-refractivity contribution is 6.42. The molecule has 1 aliphatic rings. The molecule has 1 aliphatic carbocycles. The zero-order valence-corrected chi connectivity index (χ0v) is 18.0. The van der Waals surface area contributed by atoms with Crippen molar-refractivity contribution in [1.29, 1.82) is 0 Å². The molecule has 0 saturated carbocycles. The lowest BCUT2D eigenvalue weighted by atomic mass is 9.68. The van der Waals surface area contributed by atoms with E-state index < -0.39 is 0 Å². The SMILES string of the molecule is CC1=CCCC(C)(C)C1C=CC(C)[N+](C)(C)Cc1ccc(Cl)c(Cl)c1. The predicted molar refractivity (Wildman–Crippen MR) is 111 cm³/mol. The first-order valence-corrected chi connectivity index (χ1v) is 9.90. The van der Waals surface area contributed by atoms with E-state index in [9.17, 15) is 0 Å². The zero-order valence-electron chi connectivity index (χ0n) is 16.4. The molecule has 2 unspecified atom stereocenters. The smallest absolute Gasteiger partial charge is 0.105 e. The Morgan fingerprint density at radius 3 is 2.52 bits per heavy atom. The highest BCUT2D eigenvalue weighted by Gasteiger charge is 2.31. The lowest BCUT2D eigenvalue weighted by molar-refractivity contribution is -0.919. The molecule has 138 valence electrons. The van der Waals surface area contributed by atoms with E-state index in [-0.39, 0.29) is 0 Å². The second-order valence-electron chi connectivity index (χ2n) is 8.76. The van der Waals surface area contributed by atoms with Gasteiger partial charge in [-0.1, -0.05) is 60.8 Å². The van der Waals surface area contributed by atoms with E-state index in [1.807, 2.05) is 12.1 Å². The molecule has 0 spiro atoms. The van der Waals surface area contributed by atoms with Crippen LogP contribution in [-0.2, 0) is 6.54 Å². The minimum Gasteiger partial charge on any atom is -0.319 e. The zero-order chi connectivity index (χ0) is 18.8. The van der Waals surface area contributed by atoms with Crippen molar-refractivity contribution in [1.82, 2.24) is 0 Å². The Bertz CT molecular complexity index is 671. The molecular formula is C22H32Cl2N+. The first kappa shape index (κ1) is 20.6. The van der Waals surface area contributed by atoms with E-state index in [1.165, 1.54) is 24.0 Å². The summed E-state index contributed by atoms with van der Waals surface area (Å²) in [4.78, 5) is 0. The lowest BCUT2D eigenvalue weighted by Crippen LogP contribution is -2.45. The monoisotopic (exact) mass is 380 g/mol. The van der Waals surface area contributed by atoms with Crippen molar-refractivity contribution in [2.24, 2.45) is 11.3 Å². The highest BCUT2D eigenvalue weighted by Crippen LogP contribution is 2.41. The number of nitrogens with zero attached hydrogens (tertiary/aromatic N) is 1. The third kappa shape index (κ3) is 5.12. The molecule has 0 amide bonds. The van der Waals surface area contributed by atoms with Gasteiger partial charge in [-0.15, -0.1) is 0 Å². The third-order valence-corrected chi connectivity index (χ3v) is 6.59. The number of rotatable bonds is 5. The van der Waals surface area contributed by atoms with Crippen molar-refractivity contribution in [3.63, 3.8) is 0 Å². The second kappa shape index (κ2) is 7.86. The Hall–Kier alpha value is -0.760. The van der Waals surface area contributed by atoms with Gasteiger partial charge in [0.15, 0.2) is 0 Å². The van der Waals surface area contributed by atoms with Crippen LogP contribution < -0.4 is 0 Å². The fourth-order valence-corrected chi connectivity index (χ4v) is 4.06. The number of quaternary nitrogens is 1. The number of benzene rings is 1. The molecule has 0 radical (unpaired) electrons. The Morgan fingerprint density at radius 1 is 1.24 bits per heavy atom. The van der Waals surface area contributed by atoms with Gasteiger partial charge in [-0.05, 0) is 50.3 Å². The molecule has 1 nitrogen and oxygen atoms in total. The number of hydrogen-bond acceptors (Lipinski definition) is 0. The van der Waals surface area contributed by atoms with Gasteiger partial charge in [-0.2, -0.15) is 0 Å². The molecule has 0 saturated heterocycles. The maximum atomic E-state index is 6.17. The molecule has 2 rings (SSSR count). The molecule has 1 aromatic carbocycles. The molecule has 0 N–H and O–H groups in total. The normalized spacial score (nSPS) is 22.1. The molecule has 0 aromatic heterocycles. The molecule has 25 heavy (non-hydrogen) atoms. The summed E-state index contributed by atoms with van der Waals surface area (Å²) in [6.07, 6.45) is 9.70. The summed E-state index contributed by atoms with van der Waals surface area (Å²) >= 11 is 12.2. The molecule has 0 aliphatic heterocycles. The van der Waals surface area contributed by atoms with E-state index in [0.717, 1.165) is 11.0 Å². The summed E-state index contributed by atoms with van der Waals surface area (Å²) in [7, 11) is 4.54. The number of halogens is 2. The number of allylic oxidation sites excluding steroid dienone is 3. The van der Waals surface area contributed by atoms with Crippen molar-refractivity contribution in [2.45, 2.75) is 53.1 Å². The molecule has 3 heteroatoms. The topological polar surface area (TPSA) is 0 Å². The quantitative estimate of drug-likeness (QED) is 0.384. The molecular weight excluding hydrogens is 349 g/mol. The minimum absolute atomic E-state index is 0.343. The van der Waals surface area contributed by atoms with E-state index in [2.05, 4.69) is 66.1 Å². The Balaban J connectivity index is 2.12. The van der Waals surface area contributed by atoms with Crippen LogP contribution in [0, 0.1) is 11.3 Å². The van der Waals surface area contributed by atoms with Crippen LogP contribution in [0.15, 0.2) is 42.0 Å². The fourth-order valence-electron chi connectivity index (χ4n) is 3.74. The predicted octanol–water partition coefficient (Wildman–Crippen LogP) is 6.90. The molecule has 0 fully saturated rings. The van der Waals surface area contributed by atoms with Gasteiger partial charge in [0.25, 0.3) is 0 Å². The van der Waals surface area contributed by atoms with Crippen LogP contribution in [0.25, 0.3) is 0 Å². The van der Waals surface area contributed by atoms with Crippen LogP contribution in [0.2, 0.25) is 10.0 Å². The van der Waals surface area contributed by atoms with Gasteiger partial charge in [-0.25, -0.2) is 0 Å². The van der Waals surface area contributed by atoms with E-state index >= 15 is 0 Å². The highest BCUT2D eigenvalue weighted by atomic mass is 35.5. The van der Waals surface area contributed by atoms with Crippen molar-refractivity contribution in [3.05, 3.63) is 57.6 Å². The van der Waals surface area contributed by atoms with Gasteiger partial charge < -0.3 is 4.48 Å². The maximum absolute atomic E-state index is 6.17. The standard InChI is InChI=1S/C22H32Cl2N/c1-16-8-7-13-22(3,4)19(16)11-9-17(2)25(5,6)15-18-10-12-20(23)21(24)14-18/h8-12,14,17,19H,7,13,15H2,1-6H3/q+1. The second-order valence-corrected chi connectivity index (χ2v) is 9.58. The largest absolute Gasteiger partial charge is 0.319 e. The first-order chi connectivity index (χ1) is 11.5. The van der Waals surface area contributed by atoms with Crippen LogP contribution in [0.1, 0.15) is 46.1 Å². The summed E-state index contributed by atoms with van der Waals surface area (Å²) in [6, 6.07) is 6.36. The molecule has 1 aromatic rings. The first-order valence-electron chi connectivity index (χ1n) is 9.14. The van der Waals surface area contributed by atoms with Gasteiger partial charge >= 0.3 is 0 Å². The Morgan fingerprint density at radius 2 is 1.92 bits per heavy atom. The van der Waals surface area contributed by atoms with Gasteiger partial charge in [-0.3, -0.25) is 0 Å². The summed E-state index contributed by atoms with van der Waals surface area (Å²) in [6.45, 7) is 10.3. The van der Waals surface area contributed by atoms with Crippen LogP contribution in [-0.4, -0.2) is 24.6 Å². The van der Waals surface area contributed by atoms with Gasteiger partial charge in [0.1, 0.15) is 12.6 Å². The van der Waals surface area contributed by atoms with Crippen molar-refractivity contribution >= 4 is 23.2 Å². The molecule has 0 heterocycles. The van der Waals surface area contributed by atoms with Crippen LogP contribution in [0.5, 0.6) is 0 Å². The Labute approximate surface area is 163 Å². The van der Waals surface area contributed by atoms with E-state index in [0.29, 0.717) is 27.4 Å². The third-order valence-electron chi connectivity index (χ3n) is 5.85. The average Bonchev–Trinajstić information content (AvgIpc) is 2.49. The summed E-state index contributed by atoms with van der Waals surface area (Å²) < 4.78 is 0.879. The van der Waals surface area contributed by atoms with Crippen LogP contribution >= 0.6 is 23.2 Å². The Kier molecular flexibility index (Phi) is 6.46. The van der Waals surface area contributed by atoms with E-state index in [4.69, 9.17) is 23.2 Å². The maximum Gasteiger partial charge on any atom is 0.105 e. The van der Waals surface area contributed by atoms with Crippen molar-refractivity contribution < 1.29 is 4.48 Å². The van der Waals surface area contributed by atoms with E-state index in [1.54, 1.807) is 0 Å². The molecule has 0 bridgehead atoms. The van der Waals surface area contributed by atoms with Crippen molar-refractivity contribution in [2.75, 3.05) is 14.1 Å². The van der Waals surface area contributed by atoms with Gasteiger partial charge in [0, 0.05) is 11.5 Å². The fraction of sp³-hybridized carbons (Fsp3) is 0.545. The van der Waals surface area contributed by atoms with Crippen molar-refractivity contribution in [3.8, 4) is 0 Å². The minimum atomic E-state index is 0.343. The van der Waals surface area contributed by atoms with Gasteiger partial charge in [0.2, 0.25) is 0 Å². The van der Waals surface area contributed by atoms with Crippen LogP contribution in [0.3, 0.4) is 0 Å². The summed E-state index contributed by atoms with van der Waals surface area (Å²) in [5, 5.41) is 1.25. The molecule has 2 atom stereocenters. The number of hydrogen-bond donors (Lipinski definition) is 0. The number of likely N-dealkylation sites (N-methyl/N-ethyl adjacent to an activating group) is 1. The van der Waals surface area contributed by atoms with Crippen LogP contribution in [0.4, 0.5) is 0 Å². The summed E-state index contributed by atoms with van der Waals surface area (Å²) in [5.74, 6) is 0.536. The van der Waals surface area contributed by atoms with Gasteiger partial charge in [0.05, 0.1) is 24.1 Å². The summed E-state index contributed by atoms with van der Waals surface area (Å²) in [5.41, 5.74) is 3.07. The lowest BCUT2D eigenvalue weighted by Gasteiger charge is -2.38. The average molecular weight is 381 g/mol.